The van der Waals surface area contributed by atoms with Crippen LogP contribution in [0.25, 0.3) is 0 Å². The molecule has 0 fully saturated rings. The first-order chi connectivity index (χ1) is 7.65. The molecule has 0 saturated carbocycles. The van der Waals surface area contributed by atoms with Crippen molar-refractivity contribution in [3.05, 3.63) is 34.9 Å². The molecule has 0 aliphatic carbocycles. The summed E-state index contributed by atoms with van der Waals surface area (Å²) in [6.45, 7) is 5.02. The first kappa shape index (κ1) is 13.6. The third-order valence-corrected chi connectivity index (χ3v) is 3.61. The molecule has 0 spiro atoms. The molecule has 0 aromatic heterocycles. The molecule has 0 aliphatic rings. The van der Waals surface area contributed by atoms with Crippen LogP contribution >= 0.6 is 11.8 Å². The third-order valence-electron chi connectivity index (χ3n) is 2.56. The molecule has 1 aromatic carbocycles. The fraction of sp³-hybridized carbons (Fsp3) is 0.538. The molecule has 0 radical (unpaired) electrons. The summed E-state index contributed by atoms with van der Waals surface area (Å²) >= 11 is 1.85. The Hall–Kier alpha value is -0.510. The molecule has 2 N–H and O–H groups in total. The number of hydrogen-bond acceptors (Lipinski definition) is 3. The van der Waals surface area contributed by atoms with Crippen LogP contribution in [0.5, 0.6) is 0 Å². The standard InChI is InChI=1S/C13H21NOS/c1-10-4-5-11(2)12(8-10)13(14)9-16-7-6-15-3/h4-5,8,13H,6-7,9,14H2,1-3H3. The second-order valence-electron chi connectivity index (χ2n) is 4.03. The molecule has 3 heteroatoms. The van der Waals surface area contributed by atoms with E-state index < -0.39 is 0 Å². The smallest absolute Gasteiger partial charge is 0.0552 e. The Morgan fingerprint density at radius 1 is 1.38 bits per heavy atom. The van der Waals surface area contributed by atoms with Crippen LogP contribution in [0, 0.1) is 13.8 Å². The molecule has 1 rings (SSSR count). The van der Waals surface area contributed by atoms with Crippen molar-refractivity contribution < 1.29 is 4.74 Å². The van der Waals surface area contributed by atoms with Crippen molar-refractivity contribution in [1.82, 2.24) is 0 Å². The Labute approximate surface area is 103 Å². The molecule has 0 amide bonds. The highest BCUT2D eigenvalue weighted by molar-refractivity contribution is 7.99. The topological polar surface area (TPSA) is 35.2 Å². The number of thioether (sulfide) groups is 1. The molecular weight excluding hydrogens is 218 g/mol. The summed E-state index contributed by atoms with van der Waals surface area (Å²) in [6.07, 6.45) is 0. The number of methoxy groups -OCH3 is 1. The molecule has 0 aliphatic heterocycles. The highest BCUT2D eigenvalue weighted by Gasteiger charge is 2.08. The molecule has 0 heterocycles. The summed E-state index contributed by atoms with van der Waals surface area (Å²) in [5.74, 6) is 1.96. The fourth-order valence-corrected chi connectivity index (χ4v) is 2.49. The average Bonchev–Trinajstić information content (AvgIpc) is 2.27. The molecular formula is C13H21NOS. The highest BCUT2D eigenvalue weighted by Crippen LogP contribution is 2.20. The van der Waals surface area contributed by atoms with Crippen LogP contribution in [0.15, 0.2) is 18.2 Å². The van der Waals surface area contributed by atoms with Gasteiger partial charge in [-0.25, -0.2) is 0 Å². The van der Waals surface area contributed by atoms with Crippen molar-refractivity contribution in [2.24, 2.45) is 5.73 Å². The quantitative estimate of drug-likeness (QED) is 0.775. The molecule has 1 unspecified atom stereocenters. The van der Waals surface area contributed by atoms with E-state index >= 15 is 0 Å². The SMILES string of the molecule is COCCSCC(N)c1cc(C)ccc1C. The monoisotopic (exact) mass is 239 g/mol. The van der Waals surface area contributed by atoms with Gasteiger partial charge in [0, 0.05) is 24.7 Å². The largest absolute Gasteiger partial charge is 0.384 e. The van der Waals surface area contributed by atoms with Crippen LogP contribution in [-0.2, 0) is 4.74 Å². The first-order valence-corrected chi connectivity index (χ1v) is 6.70. The predicted octanol–water partition coefficient (Wildman–Crippen LogP) is 2.68. The van der Waals surface area contributed by atoms with Gasteiger partial charge in [0.25, 0.3) is 0 Å². The molecule has 1 atom stereocenters. The van der Waals surface area contributed by atoms with Gasteiger partial charge in [0.05, 0.1) is 6.61 Å². The van der Waals surface area contributed by atoms with Crippen LogP contribution in [0.3, 0.4) is 0 Å². The van der Waals surface area contributed by atoms with Crippen molar-refractivity contribution in [2.45, 2.75) is 19.9 Å². The van der Waals surface area contributed by atoms with Crippen LogP contribution in [0.4, 0.5) is 0 Å². The minimum absolute atomic E-state index is 0.127. The Balaban J connectivity index is 2.51. The van der Waals surface area contributed by atoms with Gasteiger partial charge in [-0.05, 0) is 25.0 Å². The summed E-state index contributed by atoms with van der Waals surface area (Å²) < 4.78 is 5.01. The van der Waals surface area contributed by atoms with Gasteiger partial charge in [-0.15, -0.1) is 0 Å². The maximum atomic E-state index is 6.19. The average molecular weight is 239 g/mol. The van der Waals surface area contributed by atoms with Crippen LogP contribution in [-0.4, -0.2) is 25.2 Å². The van der Waals surface area contributed by atoms with Gasteiger partial charge < -0.3 is 10.5 Å². The van der Waals surface area contributed by atoms with E-state index in [1.54, 1.807) is 7.11 Å². The van der Waals surface area contributed by atoms with E-state index in [1.165, 1.54) is 16.7 Å². The van der Waals surface area contributed by atoms with E-state index in [-0.39, 0.29) is 6.04 Å². The molecule has 0 saturated heterocycles. The Bertz CT molecular complexity index is 328. The lowest BCUT2D eigenvalue weighted by Crippen LogP contribution is -2.15. The van der Waals surface area contributed by atoms with E-state index in [2.05, 4.69) is 32.0 Å². The number of hydrogen-bond donors (Lipinski definition) is 1. The lowest BCUT2D eigenvalue weighted by molar-refractivity contribution is 0.218. The van der Waals surface area contributed by atoms with Gasteiger partial charge in [0.15, 0.2) is 0 Å². The van der Waals surface area contributed by atoms with E-state index in [9.17, 15) is 0 Å². The predicted molar refractivity (Wildman–Crippen MR) is 72.0 cm³/mol. The maximum Gasteiger partial charge on any atom is 0.0552 e. The number of benzene rings is 1. The van der Waals surface area contributed by atoms with Crippen molar-refractivity contribution in [3.8, 4) is 0 Å². The van der Waals surface area contributed by atoms with Crippen LogP contribution in [0.1, 0.15) is 22.7 Å². The molecule has 0 bridgehead atoms. The van der Waals surface area contributed by atoms with Gasteiger partial charge in [-0.1, -0.05) is 23.8 Å². The van der Waals surface area contributed by atoms with Crippen molar-refractivity contribution in [1.29, 1.82) is 0 Å². The van der Waals surface area contributed by atoms with E-state index in [0.717, 1.165) is 18.1 Å². The van der Waals surface area contributed by atoms with E-state index in [1.807, 2.05) is 11.8 Å². The summed E-state index contributed by atoms with van der Waals surface area (Å²) in [4.78, 5) is 0. The Morgan fingerprint density at radius 2 is 2.12 bits per heavy atom. The Morgan fingerprint density at radius 3 is 2.81 bits per heavy atom. The molecule has 1 aromatic rings. The summed E-state index contributed by atoms with van der Waals surface area (Å²) in [5, 5.41) is 0. The van der Waals surface area contributed by atoms with Gasteiger partial charge in [-0.2, -0.15) is 11.8 Å². The minimum Gasteiger partial charge on any atom is -0.384 e. The molecule has 2 nitrogen and oxygen atoms in total. The van der Waals surface area contributed by atoms with Crippen molar-refractivity contribution in [2.75, 3.05) is 25.2 Å². The Kier molecular flexibility index (Phi) is 5.88. The van der Waals surface area contributed by atoms with Gasteiger partial charge in [0.2, 0.25) is 0 Å². The van der Waals surface area contributed by atoms with Gasteiger partial charge in [-0.3, -0.25) is 0 Å². The lowest BCUT2D eigenvalue weighted by Gasteiger charge is -2.15. The third kappa shape index (κ3) is 4.16. The second kappa shape index (κ2) is 6.94. The summed E-state index contributed by atoms with van der Waals surface area (Å²) in [6, 6.07) is 6.59. The molecule has 16 heavy (non-hydrogen) atoms. The van der Waals surface area contributed by atoms with Crippen molar-refractivity contribution >= 4 is 11.8 Å². The zero-order valence-corrected chi connectivity index (χ0v) is 11.1. The zero-order valence-electron chi connectivity index (χ0n) is 10.3. The van der Waals surface area contributed by atoms with E-state index in [0.29, 0.717) is 0 Å². The highest BCUT2D eigenvalue weighted by atomic mass is 32.2. The van der Waals surface area contributed by atoms with Crippen LogP contribution in [0.2, 0.25) is 0 Å². The first-order valence-electron chi connectivity index (χ1n) is 5.54. The van der Waals surface area contributed by atoms with Crippen molar-refractivity contribution in [3.63, 3.8) is 0 Å². The number of ether oxygens (including phenoxy) is 1. The van der Waals surface area contributed by atoms with Gasteiger partial charge in [0.1, 0.15) is 0 Å². The second-order valence-corrected chi connectivity index (χ2v) is 5.18. The van der Waals surface area contributed by atoms with Gasteiger partial charge >= 0.3 is 0 Å². The lowest BCUT2D eigenvalue weighted by atomic mass is 10.0. The summed E-state index contributed by atoms with van der Waals surface area (Å²) in [7, 11) is 1.73. The summed E-state index contributed by atoms with van der Waals surface area (Å²) in [5.41, 5.74) is 10.0. The van der Waals surface area contributed by atoms with E-state index in [4.69, 9.17) is 10.5 Å². The fourth-order valence-electron chi connectivity index (χ4n) is 1.60. The number of rotatable bonds is 6. The minimum atomic E-state index is 0.127. The zero-order chi connectivity index (χ0) is 12.0. The van der Waals surface area contributed by atoms with Crippen LogP contribution < -0.4 is 5.73 Å². The number of aryl methyl sites for hydroxylation is 2. The molecule has 90 valence electrons. The number of nitrogens with two attached hydrogens (primary N) is 1. The maximum absolute atomic E-state index is 6.19. The normalized spacial score (nSPS) is 12.8.